The number of likely N-dealkylation sites (N-methyl/N-ethyl adjacent to an activating group) is 1. The Balaban J connectivity index is 1.39. The van der Waals surface area contributed by atoms with Crippen molar-refractivity contribution in [1.29, 1.82) is 0 Å². The van der Waals surface area contributed by atoms with Gasteiger partial charge in [0.2, 0.25) is 28.6 Å². The van der Waals surface area contributed by atoms with Crippen molar-refractivity contribution in [2.75, 3.05) is 27.5 Å². The first-order valence-electron chi connectivity index (χ1n) is 18.0. The molecule has 2 N–H and O–H groups in total. The molecule has 1 unspecified atom stereocenters. The molecule has 0 radical (unpaired) electrons. The van der Waals surface area contributed by atoms with E-state index in [0.29, 0.717) is 28.2 Å². The second-order valence-corrected chi connectivity index (χ2v) is 16.4. The molecule has 1 heterocycles. The molecule has 4 aromatic rings. The van der Waals surface area contributed by atoms with Gasteiger partial charge in [-0.05, 0) is 105 Å². The average molecular weight is 745 g/mol. The molecule has 4 aromatic carbocycles. The van der Waals surface area contributed by atoms with Crippen molar-refractivity contribution in [1.82, 2.24) is 19.8 Å². The van der Waals surface area contributed by atoms with Gasteiger partial charge in [0.25, 0.3) is 0 Å². The molecule has 0 bridgehead atoms. The van der Waals surface area contributed by atoms with Gasteiger partial charge in [-0.3, -0.25) is 14.5 Å². The first-order valence-corrected chi connectivity index (χ1v) is 19.4. The van der Waals surface area contributed by atoms with Gasteiger partial charge < -0.3 is 24.4 Å². The standard InChI is InChI=1S/C41H52N4O7S/c1-9-45(41(4,5)6)25-29-12-10-28(11-13-29)20-36(40(47)44(7)27(2)3)42-39(46)24-35(32-16-19-37-38(23-32)52-26-51-37)43-53(48,49)34-18-15-30-21-33(50-8)17-14-31(30)22-34/h10-19,21-23,27,35-36,43H,9,20,24-26H2,1-8H3,(H,42,46)/t35?,36-/m1/s1. The number of fused-ring (bicyclic) bond motifs is 2. The van der Waals surface area contributed by atoms with Crippen molar-refractivity contribution < 1.29 is 32.2 Å². The number of nitrogens with one attached hydrogen (secondary N) is 2. The van der Waals surface area contributed by atoms with Gasteiger partial charge in [-0.25, -0.2) is 13.1 Å². The van der Waals surface area contributed by atoms with E-state index in [1.54, 1.807) is 61.5 Å². The summed E-state index contributed by atoms with van der Waals surface area (Å²) in [5.74, 6) is 0.908. The summed E-state index contributed by atoms with van der Waals surface area (Å²) in [4.78, 5) is 31.7. The highest BCUT2D eigenvalue weighted by atomic mass is 32.2. The van der Waals surface area contributed by atoms with E-state index in [4.69, 9.17) is 14.2 Å². The number of amides is 2. The number of carbonyl (C=O) groups excluding carboxylic acids is 2. The van der Waals surface area contributed by atoms with Crippen molar-refractivity contribution in [3.63, 3.8) is 0 Å². The van der Waals surface area contributed by atoms with Crippen molar-refractivity contribution in [3.8, 4) is 17.2 Å². The van der Waals surface area contributed by atoms with Gasteiger partial charge in [0.15, 0.2) is 11.5 Å². The highest BCUT2D eigenvalue weighted by molar-refractivity contribution is 7.89. The molecule has 2 atom stereocenters. The summed E-state index contributed by atoms with van der Waals surface area (Å²) in [5.41, 5.74) is 2.58. The van der Waals surface area contributed by atoms with Gasteiger partial charge in [-0.15, -0.1) is 0 Å². The lowest BCUT2D eigenvalue weighted by Gasteiger charge is -2.34. The van der Waals surface area contributed by atoms with Gasteiger partial charge in [-0.1, -0.05) is 49.4 Å². The summed E-state index contributed by atoms with van der Waals surface area (Å²) in [5, 5.41) is 4.48. The molecule has 1 aliphatic rings. The molecule has 0 saturated heterocycles. The molecule has 0 saturated carbocycles. The fraction of sp³-hybridized carbons (Fsp3) is 0.415. The van der Waals surface area contributed by atoms with Crippen LogP contribution in [0.4, 0.5) is 0 Å². The molecular weight excluding hydrogens is 693 g/mol. The molecule has 1 aliphatic heterocycles. The maximum absolute atomic E-state index is 13.9. The van der Waals surface area contributed by atoms with E-state index >= 15 is 0 Å². The third-order valence-corrected chi connectivity index (χ3v) is 11.2. The van der Waals surface area contributed by atoms with Crippen LogP contribution in [0.5, 0.6) is 17.2 Å². The van der Waals surface area contributed by atoms with E-state index in [1.165, 1.54) is 6.07 Å². The van der Waals surface area contributed by atoms with Crippen LogP contribution in [0.1, 0.15) is 70.7 Å². The molecule has 2 amide bonds. The second-order valence-electron chi connectivity index (χ2n) is 14.7. The maximum Gasteiger partial charge on any atom is 0.245 e. The van der Waals surface area contributed by atoms with Gasteiger partial charge in [0.05, 0.1) is 18.0 Å². The average Bonchev–Trinajstić information content (AvgIpc) is 3.60. The number of ether oxygens (including phenoxy) is 3. The number of rotatable bonds is 15. The van der Waals surface area contributed by atoms with E-state index in [0.717, 1.165) is 29.6 Å². The summed E-state index contributed by atoms with van der Waals surface area (Å²) < 4.78 is 46.9. The molecule has 0 aliphatic carbocycles. The summed E-state index contributed by atoms with van der Waals surface area (Å²) >= 11 is 0. The zero-order chi connectivity index (χ0) is 38.5. The van der Waals surface area contributed by atoms with Crippen LogP contribution < -0.4 is 24.2 Å². The van der Waals surface area contributed by atoms with Gasteiger partial charge in [0.1, 0.15) is 11.8 Å². The number of methoxy groups -OCH3 is 1. The van der Waals surface area contributed by atoms with Gasteiger partial charge in [-0.2, -0.15) is 0 Å². The quantitative estimate of drug-likeness (QED) is 0.147. The highest BCUT2D eigenvalue weighted by Gasteiger charge is 2.30. The van der Waals surface area contributed by atoms with Crippen LogP contribution in [-0.4, -0.2) is 75.1 Å². The fourth-order valence-corrected chi connectivity index (χ4v) is 7.57. The molecule has 284 valence electrons. The maximum atomic E-state index is 13.9. The van der Waals surface area contributed by atoms with Crippen LogP contribution in [-0.2, 0) is 32.6 Å². The summed E-state index contributed by atoms with van der Waals surface area (Å²) in [6.45, 7) is 14.3. The lowest BCUT2D eigenvalue weighted by Crippen LogP contribution is -2.50. The third-order valence-electron chi connectivity index (χ3n) is 9.74. The van der Waals surface area contributed by atoms with E-state index < -0.39 is 28.0 Å². The van der Waals surface area contributed by atoms with Crippen molar-refractivity contribution in [2.24, 2.45) is 0 Å². The second kappa shape index (κ2) is 16.6. The summed E-state index contributed by atoms with van der Waals surface area (Å²) in [6.07, 6.45) is -0.0155. The minimum absolute atomic E-state index is 0.0212. The lowest BCUT2D eigenvalue weighted by atomic mass is 10.00. The molecule has 0 spiro atoms. The van der Waals surface area contributed by atoms with E-state index in [2.05, 4.69) is 54.8 Å². The molecule has 12 heteroatoms. The number of carbonyl (C=O) groups is 2. The first-order chi connectivity index (χ1) is 25.1. The van der Waals surface area contributed by atoms with Gasteiger partial charge >= 0.3 is 0 Å². The van der Waals surface area contributed by atoms with Crippen molar-refractivity contribution >= 4 is 32.6 Å². The molecule has 0 aromatic heterocycles. The highest BCUT2D eigenvalue weighted by Crippen LogP contribution is 2.35. The predicted octanol–water partition coefficient (Wildman–Crippen LogP) is 6.20. The Morgan fingerprint density at radius 2 is 1.55 bits per heavy atom. The molecular formula is C41H52N4O7S. The predicted molar refractivity (Wildman–Crippen MR) is 207 cm³/mol. The van der Waals surface area contributed by atoms with Crippen LogP contribution in [0.25, 0.3) is 10.8 Å². The van der Waals surface area contributed by atoms with Crippen LogP contribution in [0.2, 0.25) is 0 Å². The minimum Gasteiger partial charge on any atom is -0.497 e. The number of benzene rings is 4. The Morgan fingerprint density at radius 3 is 2.21 bits per heavy atom. The molecule has 11 nitrogen and oxygen atoms in total. The minimum atomic E-state index is -4.13. The van der Waals surface area contributed by atoms with Crippen LogP contribution in [0.15, 0.2) is 83.8 Å². The SMILES string of the molecule is CCN(Cc1ccc(C[C@@H](NC(=O)CC(NS(=O)(=O)c2ccc3cc(OC)ccc3c2)c2ccc3c(c2)OCO3)C(=O)N(C)C(C)C)cc1)C(C)(C)C. The Labute approximate surface area is 313 Å². The third kappa shape index (κ3) is 9.87. The number of sulfonamides is 1. The number of hydrogen-bond acceptors (Lipinski definition) is 8. The smallest absolute Gasteiger partial charge is 0.245 e. The monoisotopic (exact) mass is 744 g/mol. The van der Waals surface area contributed by atoms with Crippen molar-refractivity contribution in [3.05, 3.63) is 95.6 Å². The van der Waals surface area contributed by atoms with Crippen molar-refractivity contribution in [2.45, 2.75) is 89.5 Å². The van der Waals surface area contributed by atoms with Crippen LogP contribution in [0.3, 0.4) is 0 Å². The van der Waals surface area contributed by atoms with Crippen LogP contribution in [0, 0.1) is 0 Å². The normalized spacial score (nSPS) is 14.0. The largest absolute Gasteiger partial charge is 0.497 e. The molecule has 53 heavy (non-hydrogen) atoms. The molecule has 5 rings (SSSR count). The summed E-state index contributed by atoms with van der Waals surface area (Å²) in [7, 11) is -0.844. The van der Waals surface area contributed by atoms with E-state index in [9.17, 15) is 18.0 Å². The zero-order valence-corrected chi connectivity index (χ0v) is 32.8. The van der Waals surface area contributed by atoms with Crippen LogP contribution >= 0.6 is 0 Å². The van der Waals surface area contributed by atoms with Gasteiger partial charge in [0, 0.05) is 38.0 Å². The Morgan fingerprint density at radius 1 is 0.887 bits per heavy atom. The van der Waals surface area contributed by atoms with E-state index in [1.807, 2.05) is 32.0 Å². The Hall–Kier alpha value is -4.65. The Kier molecular flexibility index (Phi) is 12.4. The lowest BCUT2D eigenvalue weighted by molar-refractivity contribution is -0.136. The first kappa shape index (κ1) is 39.6. The topological polar surface area (TPSA) is 127 Å². The fourth-order valence-electron chi connectivity index (χ4n) is 6.31. The Bertz CT molecular complexity index is 2030. The molecule has 0 fully saturated rings. The summed E-state index contributed by atoms with van der Waals surface area (Å²) in [6, 6.07) is 21.4. The number of nitrogens with zero attached hydrogens (tertiary/aromatic N) is 2. The zero-order valence-electron chi connectivity index (χ0n) is 31.9. The van der Waals surface area contributed by atoms with E-state index in [-0.39, 0.29) is 42.0 Å². The number of hydrogen-bond donors (Lipinski definition) is 2.